The number of methoxy groups -OCH3 is 1. The molecule has 0 bridgehead atoms. The maximum Gasteiger partial charge on any atom is 0.452 e. The molecule has 0 saturated heterocycles. The van der Waals surface area contributed by atoms with Crippen LogP contribution in [0.5, 0.6) is 11.5 Å². The second-order valence-corrected chi connectivity index (χ2v) is 11.2. The molecule has 0 saturated carbocycles. The Bertz CT molecular complexity index is 1620. The van der Waals surface area contributed by atoms with Crippen molar-refractivity contribution in [2.24, 2.45) is 5.92 Å². The van der Waals surface area contributed by atoms with E-state index in [2.05, 4.69) is 20.9 Å². The fraction of sp³-hybridized carbons (Fsp3) is 0.312. The third kappa shape index (κ3) is 10.7. The lowest BCUT2D eigenvalue weighted by Gasteiger charge is -2.27. The summed E-state index contributed by atoms with van der Waals surface area (Å²) in [6, 6.07) is 9.70. The number of halogens is 4. The fourth-order valence-corrected chi connectivity index (χ4v) is 4.59. The predicted molar refractivity (Wildman–Crippen MR) is 165 cm³/mol. The van der Waals surface area contributed by atoms with E-state index in [-0.39, 0.29) is 23.4 Å². The van der Waals surface area contributed by atoms with Gasteiger partial charge < -0.3 is 30.5 Å². The number of Topliss-reactive ketones (excluding diaryl/α,β-unsaturated/α-hetero) is 1. The van der Waals surface area contributed by atoms with E-state index in [1.54, 1.807) is 24.3 Å². The summed E-state index contributed by atoms with van der Waals surface area (Å²) >= 11 is 6.11. The highest BCUT2D eigenvalue weighted by Crippen LogP contribution is 2.24. The van der Waals surface area contributed by atoms with E-state index in [4.69, 9.17) is 26.2 Å². The Morgan fingerprint density at radius 3 is 2.12 bits per heavy atom. The Labute approximate surface area is 278 Å². The number of ether oxygens (including phenoxy) is 2. The lowest BCUT2D eigenvalue weighted by molar-refractivity contribution is -0.175. The Kier molecular flexibility index (Phi) is 12.9. The summed E-state index contributed by atoms with van der Waals surface area (Å²) in [5.41, 5.74) is 0.473. The summed E-state index contributed by atoms with van der Waals surface area (Å²) in [6.07, 6.45) is -4.26. The lowest BCUT2D eigenvalue weighted by atomic mass is 9.97. The first-order valence-electron chi connectivity index (χ1n) is 14.3. The van der Waals surface area contributed by atoms with Crippen molar-refractivity contribution in [3.8, 4) is 11.5 Å². The summed E-state index contributed by atoms with van der Waals surface area (Å²) in [5, 5.41) is 16.3. The lowest BCUT2D eigenvalue weighted by Crippen LogP contribution is -2.55. The Morgan fingerprint density at radius 1 is 0.917 bits per heavy atom. The van der Waals surface area contributed by atoms with Crippen molar-refractivity contribution in [2.75, 3.05) is 13.7 Å². The van der Waals surface area contributed by atoms with Crippen molar-refractivity contribution < 1.29 is 51.7 Å². The van der Waals surface area contributed by atoms with Crippen molar-refractivity contribution in [1.29, 1.82) is 0 Å². The first-order chi connectivity index (χ1) is 22.6. The van der Waals surface area contributed by atoms with Crippen LogP contribution in [-0.2, 0) is 25.6 Å². The molecule has 16 heteroatoms. The van der Waals surface area contributed by atoms with Crippen LogP contribution in [-0.4, -0.2) is 71.5 Å². The topological polar surface area (TPSA) is 173 Å². The molecule has 48 heavy (non-hydrogen) atoms. The van der Waals surface area contributed by atoms with Gasteiger partial charge in [0.1, 0.15) is 29.3 Å². The molecule has 0 aliphatic heterocycles. The van der Waals surface area contributed by atoms with Gasteiger partial charge >= 0.3 is 12.1 Å². The number of ketones is 1. The van der Waals surface area contributed by atoms with Gasteiger partial charge in [-0.1, -0.05) is 49.7 Å². The van der Waals surface area contributed by atoms with Gasteiger partial charge in [-0.2, -0.15) is 13.2 Å². The number of rotatable bonds is 15. The average molecular weight is 693 g/mol. The third-order valence-corrected chi connectivity index (χ3v) is 7.04. The number of pyridine rings is 1. The second kappa shape index (κ2) is 16.6. The monoisotopic (exact) mass is 692 g/mol. The smallest absolute Gasteiger partial charge is 0.452 e. The number of amides is 3. The first kappa shape index (κ1) is 37.3. The molecule has 1 aromatic heterocycles. The molecule has 3 amide bonds. The van der Waals surface area contributed by atoms with Crippen LogP contribution in [0.15, 0.2) is 66.9 Å². The van der Waals surface area contributed by atoms with Crippen LogP contribution < -0.4 is 25.4 Å². The van der Waals surface area contributed by atoms with Crippen LogP contribution in [0, 0.1) is 5.92 Å². The Hall–Kier alpha value is -5.18. The number of hydrogen-bond acceptors (Lipinski definition) is 8. The van der Waals surface area contributed by atoms with Gasteiger partial charge in [0.25, 0.3) is 11.7 Å². The van der Waals surface area contributed by atoms with Crippen molar-refractivity contribution in [3.05, 3.63) is 88.7 Å². The van der Waals surface area contributed by atoms with Crippen molar-refractivity contribution >= 4 is 41.1 Å². The van der Waals surface area contributed by atoms with Crippen LogP contribution in [0.3, 0.4) is 0 Å². The van der Waals surface area contributed by atoms with E-state index in [0.29, 0.717) is 16.3 Å². The molecule has 4 N–H and O–H groups in total. The molecule has 0 aliphatic rings. The van der Waals surface area contributed by atoms with E-state index >= 15 is 0 Å². The second-order valence-electron chi connectivity index (χ2n) is 10.7. The maximum atomic E-state index is 13.8. The molecular formula is C32H32ClF3N4O8. The summed E-state index contributed by atoms with van der Waals surface area (Å²) in [4.78, 5) is 67.4. The number of benzene rings is 2. The van der Waals surface area contributed by atoms with Crippen LogP contribution >= 0.6 is 11.6 Å². The van der Waals surface area contributed by atoms with Crippen molar-refractivity contribution in [1.82, 2.24) is 20.9 Å². The molecule has 256 valence electrons. The average Bonchev–Trinajstić information content (AvgIpc) is 3.04. The standard InChI is InChI=1S/C32H32ClF3N4O8/c1-17(2)26(28(43)32(34,35)36)39-31(46)27(19-7-9-21(47-3)10-8-19)40-30(45)24(14-18-5-4-6-20(33)13-18)38-29(44)23-12-11-22(15-37-23)48-16-25(41)42/h4-13,15,17,24,26-27H,14,16H2,1-3H3,(H,38,44)(H,39,46)(H,40,45)(H,41,42)/t24?,26-,27-/m0/s1. The number of carbonyl (C=O) groups excluding carboxylic acids is 4. The van der Waals surface area contributed by atoms with E-state index in [1.165, 1.54) is 57.4 Å². The van der Waals surface area contributed by atoms with Crippen LogP contribution in [0.2, 0.25) is 5.02 Å². The molecule has 3 atom stereocenters. The highest BCUT2D eigenvalue weighted by Gasteiger charge is 2.45. The summed E-state index contributed by atoms with van der Waals surface area (Å²) in [7, 11) is 1.39. The molecule has 0 fully saturated rings. The van der Waals surface area contributed by atoms with E-state index < -0.39 is 66.3 Å². The molecule has 12 nitrogen and oxygen atoms in total. The normalized spacial score (nSPS) is 13.1. The highest BCUT2D eigenvalue weighted by molar-refractivity contribution is 6.30. The largest absolute Gasteiger partial charge is 0.497 e. The number of aromatic nitrogens is 1. The third-order valence-electron chi connectivity index (χ3n) is 6.81. The zero-order valence-electron chi connectivity index (χ0n) is 25.8. The number of alkyl halides is 3. The number of aliphatic carboxylic acids is 1. The minimum atomic E-state index is -5.23. The number of nitrogens with one attached hydrogen (secondary N) is 3. The van der Waals surface area contributed by atoms with E-state index in [0.717, 1.165) is 6.20 Å². The van der Waals surface area contributed by atoms with Gasteiger partial charge in [0.2, 0.25) is 11.8 Å². The molecule has 0 spiro atoms. The molecule has 2 aromatic carbocycles. The number of carboxylic acid groups (broad SMARTS) is 1. The fourth-order valence-electron chi connectivity index (χ4n) is 4.37. The predicted octanol–water partition coefficient (Wildman–Crippen LogP) is 3.68. The van der Waals surface area contributed by atoms with Crippen LogP contribution in [0.25, 0.3) is 0 Å². The van der Waals surface area contributed by atoms with Gasteiger partial charge in [-0.15, -0.1) is 0 Å². The molecular weight excluding hydrogens is 661 g/mol. The van der Waals surface area contributed by atoms with Gasteiger partial charge in [-0.05, 0) is 53.4 Å². The molecule has 0 aliphatic carbocycles. The molecule has 1 unspecified atom stereocenters. The molecule has 0 radical (unpaired) electrons. The van der Waals surface area contributed by atoms with E-state index in [1.807, 2.05) is 0 Å². The first-order valence-corrected chi connectivity index (χ1v) is 14.7. The quantitative estimate of drug-likeness (QED) is 0.185. The maximum absolute atomic E-state index is 13.8. The SMILES string of the molecule is COc1ccc([C@H](NC(=O)C(Cc2cccc(Cl)c2)NC(=O)c2ccc(OCC(=O)O)cn2)C(=O)N[C@H](C(=O)C(F)(F)F)C(C)C)cc1. The summed E-state index contributed by atoms with van der Waals surface area (Å²) in [6.45, 7) is 2.01. The Morgan fingerprint density at radius 2 is 1.58 bits per heavy atom. The molecule has 3 rings (SSSR count). The number of carboxylic acids is 1. The van der Waals surface area contributed by atoms with Crippen molar-refractivity contribution in [2.45, 2.75) is 44.6 Å². The highest BCUT2D eigenvalue weighted by atomic mass is 35.5. The Balaban J connectivity index is 1.94. The van der Waals surface area contributed by atoms with E-state index in [9.17, 15) is 37.1 Å². The van der Waals surface area contributed by atoms with Gasteiger partial charge in [-0.25, -0.2) is 9.78 Å². The van der Waals surface area contributed by atoms with Crippen LogP contribution in [0.1, 0.15) is 41.5 Å². The molecule has 1 heterocycles. The number of hydrogen-bond donors (Lipinski definition) is 4. The minimum Gasteiger partial charge on any atom is -0.497 e. The number of carbonyl (C=O) groups is 5. The van der Waals surface area contributed by atoms with Gasteiger partial charge in [0.05, 0.1) is 19.3 Å². The van der Waals surface area contributed by atoms with Crippen LogP contribution in [0.4, 0.5) is 13.2 Å². The zero-order chi connectivity index (χ0) is 35.6. The minimum absolute atomic E-state index is 0.0687. The molecule has 3 aromatic rings. The number of nitrogens with zero attached hydrogens (tertiary/aromatic N) is 1. The van der Waals surface area contributed by atoms with Crippen molar-refractivity contribution in [3.63, 3.8) is 0 Å². The summed E-state index contributed by atoms with van der Waals surface area (Å²) in [5.74, 6) is -6.75. The van der Waals surface area contributed by atoms with Gasteiger partial charge in [-0.3, -0.25) is 19.2 Å². The van der Waals surface area contributed by atoms with Gasteiger partial charge in [0.15, 0.2) is 6.61 Å². The van der Waals surface area contributed by atoms with Gasteiger partial charge in [0, 0.05) is 11.4 Å². The zero-order valence-corrected chi connectivity index (χ0v) is 26.6. The summed E-state index contributed by atoms with van der Waals surface area (Å²) < 4.78 is 50.2.